The standard InChI is InChI=1S/C21H29N3O2/c1-16-9-11-17(12-10-16)20-19(22-15-26-20)21(25)24(3)14-13-23(2)18-7-5-4-6-8-18/h9-12,15,18H,4-8,13-14H2,1-3H3. The van der Waals surface area contributed by atoms with Gasteiger partial charge in [-0.25, -0.2) is 4.98 Å². The zero-order valence-corrected chi connectivity index (χ0v) is 16.1. The van der Waals surface area contributed by atoms with E-state index in [4.69, 9.17) is 4.42 Å². The van der Waals surface area contributed by atoms with Gasteiger partial charge in [0.15, 0.2) is 17.8 Å². The lowest BCUT2D eigenvalue weighted by atomic mass is 9.94. The van der Waals surface area contributed by atoms with E-state index in [1.165, 1.54) is 44.1 Å². The summed E-state index contributed by atoms with van der Waals surface area (Å²) in [6.45, 7) is 3.60. The first-order valence-electron chi connectivity index (χ1n) is 9.52. The van der Waals surface area contributed by atoms with Crippen LogP contribution in [0.15, 0.2) is 35.1 Å². The molecule has 5 nitrogen and oxygen atoms in total. The quantitative estimate of drug-likeness (QED) is 0.786. The number of likely N-dealkylation sites (N-methyl/N-ethyl adjacent to an activating group) is 2. The Morgan fingerprint density at radius 3 is 2.50 bits per heavy atom. The molecule has 1 fully saturated rings. The number of hydrogen-bond donors (Lipinski definition) is 0. The van der Waals surface area contributed by atoms with Crippen LogP contribution in [-0.4, -0.2) is 53.9 Å². The van der Waals surface area contributed by atoms with Crippen molar-refractivity contribution in [3.05, 3.63) is 41.9 Å². The van der Waals surface area contributed by atoms with E-state index in [0.29, 0.717) is 24.0 Å². The van der Waals surface area contributed by atoms with Gasteiger partial charge in [-0.2, -0.15) is 0 Å². The number of aromatic nitrogens is 1. The Balaban J connectivity index is 1.62. The highest BCUT2D eigenvalue weighted by atomic mass is 16.3. The fourth-order valence-corrected chi connectivity index (χ4v) is 3.60. The molecule has 1 saturated carbocycles. The number of carbonyl (C=O) groups excluding carboxylic acids is 1. The molecule has 5 heteroatoms. The highest BCUT2D eigenvalue weighted by Gasteiger charge is 2.23. The minimum atomic E-state index is -0.0913. The van der Waals surface area contributed by atoms with Crippen molar-refractivity contribution in [2.75, 3.05) is 27.2 Å². The first-order valence-corrected chi connectivity index (χ1v) is 9.52. The van der Waals surface area contributed by atoms with Gasteiger partial charge in [0.1, 0.15) is 0 Å². The molecule has 1 aromatic heterocycles. The third kappa shape index (κ3) is 4.33. The molecule has 0 radical (unpaired) electrons. The Morgan fingerprint density at radius 1 is 1.12 bits per heavy atom. The van der Waals surface area contributed by atoms with Crippen LogP contribution in [0.3, 0.4) is 0 Å². The summed E-state index contributed by atoms with van der Waals surface area (Å²) in [5, 5.41) is 0. The molecule has 0 spiro atoms. The van der Waals surface area contributed by atoms with Crippen LogP contribution in [0.5, 0.6) is 0 Å². The van der Waals surface area contributed by atoms with Crippen molar-refractivity contribution in [1.82, 2.24) is 14.8 Å². The lowest BCUT2D eigenvalue weighted by molar-refractivity contribution is 0.0763. The van der Waals surface area contributed by atoms with E-state index < -0.39 is 0 Å². The molecule has 3 rings (SSSR count). The molecule has 0 saturated heterocycles. The Morgan fingerprint density at radius 2 is 1.81 bits per heavy atom. The lowest BCUT2D eigenvalue weighted by Crippen LogP contribution is -2.40. The lowest BCUT2D eigenvalue weighted by Gasteiger charge is -2.32. The largest absolute Gasteiger partial charge is 0.443 e. The number of hydrogen-bond acceptors (Lipinski definition) is 4. The van der Waals surface area contributed by atoms with Crippen LogP contribution in [0, 0.1) is 6.92 Å². The monoisotopic (exact) mass is 355 g/mol. The van der Waals surface area contributed by atoms with Crippen LogP contribution in [0.4, 0.5) is 0 Å². The number of carbonyl (C=O) groups is 1. The van der Waals surface area contributed by atoms with Gasteiger partial charge in [-0.15, -0.1) is 0 Å². The number of nitrogens with zero attached hydrogens (tertiary/aromatic N) is 3. The van der Waals surface area contributed by atoms with Crippen LogP contribution in [0.1, 0.15) is 48.2 Å². The van der Waals surface area contributed by atoms with Crippen LogP contribution in [0.2, 0.25) is 0 Å². The van der Waals surface area contributed by atoms with Gasteiger partial charge >= 0.3 is 0 Å². The van der Waals surface area contributed by atoms with Crippen molar-refractivity contribution >= 4 is 5.91 Å². The number of benzene rings is 1. The predicted molar refractivity (Wildman–Crippen MR) is 103 cm³/mol. The Bertz CT molecular complexity index is 717. The van der Waals surface area contributed by atoms with Crippen molar-refractivity contribution < 1.29 is 9.21 Å². The van der Waals surface area contributed by atoms with Gasteiger partial charge in [0.2, 0.25) is 0 Å². The maximum absolute atomic E-state index is 12.8. The molecule has 2 aromatic rings. The summed E-state index contributed by atoms with van der Waals surface area (Å²) in [6, 6.07) is 8.60. The van der Waals surface area contributed by atoms with Crippen LogP contribution in [0.25, 0.3) is 11.3 Å². The minimum Gasteiger partial charge on any atom is -0.443 e. The Labute approximate surface area is 156 Å². The normalized spacial score (nSPS) is 15.4. The molecule has 1 aromatic carbocycles. The number of oxazole rings is 1. The summed E-state index contributed by atoms with van der Waals surface area (Å²) >= 11 is 0. The highest BCUT2D eigenvalue weighted by Crippen LogP contribution is 2.25. The SMILES string of the molecule is Cc1ccc(-c2ocnc2C(=O)N(C)CCN(C)C2CCCCC2)cc1. The first kappa shape index (κ1) is 18.6. The van der Waals surface area contributed by atoms with E-state index in [1.54, 1.807) is 4.90 Å². The van der Waals surface area contributed by atoms with Gasteiger partial charge in [0, 0.05) is 31.7 Å². The molecule has 0 aliphatic heterocycles. The first-order chi connectivity index (χ1) is 12.6. The average Bonchev–Trinajstić information content (AvgIpc) is 3.16. The van der Waals surface area contributed by atoms with Gasteiger partial charge in [-0.3, -0.25) is 4.79 Å². The van der Waals surface area contributed by atoms with Crippen molar-refractivity contribution in [1.29, 1.82) is 0 Å². The molecule has 1 heterocycles. The second kappa shape index (κ2) is 8.49. The molecule has 26 heavy (non-hydrogen) atoms. The summed E-state index contributed by atoms with van der Waals surface area (Å²) in [6.07, 6.45) is 7.90. The van der Waals surface area contributed by atoms with Crippen molar-refractivity contribution in [3.8, 4) is 11.3 Å². The van der Waals surface area contributed by atoms with E-state index in [-0.39, 0.29) is 5.91 Å². The fourth-order valence-electron chi connectivity index (χ4n) is 3.60. The zero-order valence-electron chi connectivity index (χ0n) is 16.1. The topological polar surface area (TPSA) is 49.6 Å². The van der Waals surface area contributed by atoms with Crippen LogP contribution in [-0.2, 0) is 0 Å². The maximum atomic E-state index is 12.8. The van der Waals surface area contributed by atoms with Gasteiger partial charge in [-0.1, -0.05) is 49.1 Å². The average molecular weight is 355 g/mol. The third-order valence-electron chi connectivity index (χ3n) is 5.42. The van der Waals surface area contributed by atoms with Gasteiger partial charge < -0.3 is 14.2 Å². The molecule has 0 unspecified atom stereocenters. The summed E-state index contributed by atoms with van der Waals surface area (Å²) in [5.41, 5.74) is 2.44. The van der Waals surface area contributed by atoms with Gasteiger partial charge in [0.25, 0.3) is 5.91 Å². The van der Waals surface area contributed by atoms with Crippen molar-refractivity contribution in [2.45, 2.75) is 45.1 Å². The third-order valence-corrected chi connectivity index (χ3v) is 5.42. The molecule has 140 valence electrons. The molecule has 0 bridgehead atoms. The summed E-state index contributed by atoms with van der Waals surface area (Å²) in [5.74, 6) is 0.453. The molecule has 1 amide bonds. The van der Waals surface area contributed by atoms with E-state index in [1.807, 2.05) is 38.2 Å². The highest BCUT2D eigenvalue weighted by molar-refractivity contribution is 5.97. The number of amides is 1. The van der Waals surface area contributed by atoms with E-state index in [9.17, 15) is 4.79 Å². The summed E-state index contributed by atoms with van der Waals surface area (Å²) < 4.78 is 5.51. The van der Waals surface area contributed by atoms with E-state index in [2.05, 4.69) is 16.9 Å². The zero-order chi connectivity index (χ0) is 18.5. The summed E-state index contributed by atoms with van der Waals surface area (Å²) in [4.78, 5) is 21.2. The van der Waals surface area contributed by atoms with Gasteiger partial charge in [0.05, 0.1) is 0 Å². The van der Waals surface area contributed by atoms with Gasteiger partial charge in [-0.05, 0) is 26.8 Å². The maximum Gasteiger partial charge on any atom is 0.276 e. The van der Waals surface area contributed by atoms with Crippen LogP contribution >= 0.6 is 0 Å². The Hall–Kier alpha value is -2.14. The molecule has 1 aliphatic rings. The van der Waals surface area contributed by atoms with Crippen molar-refractivity contribution in [2.24, 2.45) is 0 Å². The molecule has 0 N–H and O–H groups in total. The van der Waals surface area contributed by atoms with E-state index in [0.717, 1.165) is 12.1 Å². The van der Waals surface area contributed by atoms with Crippen molar-refractivity contribution in [3.63, 3.8) is 0 Å². The Kier molecular flexibility index (Phi) is 6.09. The minimum absolute atomic E-state index is 0.0913. The second-order valence-electron chi connectivity index (χ2n) is 7.40. The van der Waals surface area contributed by atoms with Crippen LogP contribution < -0.4 is 0 Å². The number of aryl methyl sites for hydroxylation is 1. The van der Waals surface area contributed by atoms with E-state index >= 15 is 0 Å². The molecule has 1 aliphatic carbocycles. The second-order valence-corrected chi connectivity index (χ2v) is 7.40. The molecular weight excluding hydrogens is 326 g/mol. The fraction of sp³-hybridized carbons (Fsp3) is 0.524. The smallest absolute Gasteiger partial charge is 0.276 e. The number of rotatable bonds is 6. The molecule has 0 atom stereocenters. The predicted octanol–water partition coefficient (Wildman–Crippen LogP) is 3.99. The summed E-state index contributed by atoms with van der Waals surface area (Å²) in [7, 11) is 4.01. The molecular formula is C21H29N3O2.